The number of hydrogen-bond acceptors (Lipinski definition) is 4. The van der Waals surface area contributed by atoms with Crippen molar-refractivity contribution in [3.05, 3.63) is 40.8 Å². The van der Waals surface area contributed by atoms with Gasteiger partial charge in [-0.15, -0.1) is 0 Å². The van der Waals surface area contributed by atoms with Crippen molar-refractivity contribution in [1.82, 2.24) is 9.97 Å². The van der Waals surface area contributed by atoms with Crippen LogP contribution in [0.3, 0.4) is 0 Å². The van der Waals surface area contributed by atoms with E-state index in [-0.39, 0.29) is 16.2 Å². The Balaban J connectivity index is 2.44. The van der Waals surface area contributed by atoms with Crippen LogP contribution in [0.2, 0.25) is 10.3 Å². The van der Waals surface area contributed by atoms with Crippen molar-refractivity contribution in [3.8, 4) is 11.6 Å². The molecular formula is C12H11Cl2N2O2P. The van der Waals surface area contributed by atoms with Crippen LogP contribution in [0.4, 0.5) is 0 Å². The van der Waals surface area contributed by atoms with Crippen LogP contribution in [0.5, 0.6) is 11.6 Å². The van der Waals surface area contributed by atoms with Crippen LogP contribution in [0.25, 0.3) is 0 Å². The zero-order valence-corrected chi connectivity index (χ0v) is 12.7. The molecule has 1 aromatic heterocycles. The summed E-state index contributed by atoms with van der Waals surface area (Å²) in [5, 5.41) is 0.898. The molecule has 100 valence electrons. The third kappa shape index (κ3) is 3.47. The van der Waals surface area contributed by atoms with Crippen molar-refractivity contribution in [2.45, 2.75) is 0 Å². The van der Waals surface area contributed by atoms with E-state index < -0.39 is 7.14 Å². The smallest absolute Gasteiger partial charge is 0.242 e. The normalized spacial score (nSPS) is 11.4. The minimum Gasteiger partial charge on any atom is -0.437 e. The zero-order valence-electron chi connectivity index (χ0n) is 10.3. The quantitative estimate of drug-likeness (QED) is 0.638. The van der Waals surface area contributed by atoms with Crippen LogP contribution >= 0.6 is 30.3 Å². The average Bonchev–Trinajstić information content (AvgIpc) is 2.33. The number of aromatic nitrogens is 2. The highest BCUT2D eigenvalue weighted by Crippen LogP contribution is 2.40. The lowest BCUT2D eigenvalue weighted by Gasteiger charge is -2.13. The molecule has 7 heteroatoms. The third-order valence-corrected chi connectivity index (χ3v) is 4.31. The number of ether oxygens (including phenoxy) is 1. The lowest BCUT2D eigenvalue weighted by atomic mass is 10.3. The monoisotopic (exact) mass is 316 g/mol. The van der Waals surface area contributed by atoms with Crippen molar-refractivity contribution < 1.29 is 9.30 Å². The highest BCUT2D eigenvalue weighted by atomic mass is 35.5. The Kier molecular flexibility index (Phi) is 4.14. The van der Waals surface area contributed by atoms with Crippen molar-refractivity contribution in [2.75, 3.05) is 13.3 Å². The van der Waals surface area contributed by atoms with E-state index in [1.807, 2.05) is 0 Å². The molecule has 0 aliphatic rings. The largest absolute Gasteiger partial charge is 0.437 e. The summed E-state index contributed by atoms with van der Waals surface area (Å²) in [5.74, 6) is 0.593. The molecular weight excluding hydrogens is 306 g/mol. The Bertz CT molecular complexity index is 658. The second-order valence-electron chi connectivity index (χ2n) is 4.21. The van der Waals surface area contributed by atoms with Gasteiger partial charge < -0.3 is 9.30 Å². The second-order valence-corrected chi connectivity index (χ2v) is 8.14. The van der Waals surface area contributed by atoms with Gasteiger partial charge in [0.2, 0.25) is 11.2 Å². The fourth-order valence-corrected chi connectivity index (χ4v) is 2.85. The molecule has 0 radical (unpaired) electrons. The average molecular weight is 317 g/mol. The van der Waals surface area contributed by atoms with Gasteiger partial charge >= 0.3 is 0 Å². The van der Waals surface area contributed by atoms with Crippen LogP contribution < -0.4 is 10.0 Å². The maximum atomic E-state index is 12.2. The molecule has 1 aromatic carbocycles. The van der Waals surface area contributed by atoms with Gasteiger partial charge in [-0.25, -0.2) is 4.98 Å². The summed E-state index contributed by atoms with van der Waals surface area (Å²) in [7, 11) is -2.46. The Labute approximate surface area is 121 Å². The van der Waals surface area contributed by atoms with Crippen LogP contribution in [0.1, 0.15) is 0 Å². The van der Waals surface area contributed by atoms with Gasteiger partial charge in [-0.3, -0.25) is 0 Å². The highest BCUT2D eigenvalue weighted by Gasteiger charge is 2.18. The van der Waals surface area contributed by atoms with E-state index >= 15 is 0 Å². The number of halogens is 2. The molecule has 2 aromatic rings. The third-order valence-electron chi connectivity index (χ3n) is 2.33. The molecule has 0 saturated carbocycles. The molecule has 19 heavy (non-hydrogen) atoms. The van der Waals surface area contributed by atoms with Gasteiger partial charge in [0.05, 0.1) is 11.5 Å². The maximum Gasteiger partial charge on any atom is 0.242 e. The lowest BCUT2D eigenvalue weighted by molar-refractivity contribution is 0.465. The van der Waals surface area contributed by atoms with Crippen molar-refractivity contribution in [2.24, 2.45) is 0 Å². The van der Waals surface area contributed by atoms with Crippen LogP contribution in [-0.2, 0) is 4.57 Å². The SMILES string of the molecule is CP(C)(=O)c1ccccc1Oc1nc(Cl)ncc1Cl. The summed E-state index contributed by atoms with van der Waals surface area (Å²) < 4.78 is 17.8. The molecule has 0 saturated heterocycles. The highest BCUT2D eigenvalue weighted by molar-refractivity contribution is 7.70. The number of rotatable bonds is 3. The van der Waals surface area contributed by atoms with Crippen LogP contribution in [0.15, 0.2) is 30.5 Å². The fraction of sp³-hybridized carbons (Fsp3) is 0.167. The number of benzene rings is 1. The first kappa shape index (κ1) is 14.3. The number of para-hydroxylation sites is 1. The second kappa shape index (κ2) is 5.49. The molecule has 0 aliphatic heterocycles. The van der Waals surface area contributed by atoms with Gasteiger partial charge in [-0.2, -0.15) is 4.98 Å². The summed E-state index contributed by atoms with van der Waals surface area (Å²) in [6.45, 7) is 3.34. The van der Waals surface area contributed by atoms with Crippen molar-refractivity contribution >= 4 is 35.6 Å². The van der Waals surface area contributed by atoms with E-state index in [4.69, 9.17) is 27.9 Å². The van der Waals surface area contributed by atoms with Crippen molar-refractivity contribution in [3.63, 3.8) is 0 Å². The summed E-state index contributed by atoms with van der Waals surface area (Å²) in [5.41, 5.74) is 0. The molecule has 0 spiro atoms. The van der Waals surface area contributed by atoms with Gasteiger partial charge in [0.1, 0.15) is 17.9 Å². The molecule has 0 unspecified atom stereocenters. The van der Waals surface area contributed by atoms with Crippen LogP contribution in [0, 0.1) is 0 Å². The molecule has 0 fully saturated rings. The van der Waals surface area contributed by atoms with Gasteiger partial charge in [0.15, 0.2) is 0 Å². The molecule has 1 heterocycles. The maximum absolute atomic E-state index is 12.2. The van der Waals surface area contributed by atoms with Crippen LogP contribution in [-0.4, -0.2) is 23.3 Å². The van der Waals surface area contributed by atoms with Gasteiger partial charge in [0.25, 0.3) is 0 Å². The molecule has 0 bridgehead atoms. The molecule has 0 N–H and O–H groups in total. The van der Waals surface area contributed by atoms with Gasteiger partial charge in [-0.1, -0.05) is 23.7 Å². The van der Waals surface area contributed by atoms with E-state index in [1.54, 1.807) is 37.6 Å². The fourth-order valence-electron chi connectivity index (χ4n) is 1.50. The molecule has 0 aliphatic carbocycles. The van der Waals surface area contributed by atoms with E-state index in [0.29, 0.717) is 11.1 Å². The van der Waals surface area contributed by atoms with Crippen molar-refractivity contribution in [1.29, 1.82) is 0 Å². The zero-order chi connectivity index (χ0) is 14.0. The Morgan fingerprint density at radius 2 is 1.89 bits per heavy atom. The minimum absolute atomic E-state index is 0.0352. The molecule has 0 amide bonds. The minimum atomic E-state index is -2.46. The topological polar surface area (TPSA) is 52.1 Å². The predicted molar refractivity (Wildman–Crippen MR) is 77.7 cm³/mol. The first-order chi connectivity index (χ1) is 8.88. The predicted octanol–water partition coefficient (Wildman–Crippen LogP) is 3.82. The Morgan fingerprint density at radius 3 is 2.58 bits per heavy atom. The summed E-state index contributed by atoms with van der Waals surface area (Å²) in [6.07, 6.45) is 1.35. The molecule has 4 nitrogen and oxygen atoms in total. The number of nitrogens with zero attached hydrogens (tertiary/aromatic N) is 2. The van der Waals surface area contributed by atoms with E-state index in [9.17, 15) is 4.57 Å². The summed E-state index contributed by atoms with van der Waals surface area (Å²) in [6, 6.07) is 7.05. The summed E-state index contributed by atoms with van der Waals surface area (Å²) in [4.78, 5) is 7.64. The molecule has 2 rings (SSSR count). The van der Waals surface area contributed by atoms with E-state index in [0.717, 1.165) is 0 Å². The standard InChI is InChI=1S/C12H11Cl2N2O2P/c1-19(2,17)10-6-4-3-5-9(10)18-11-8(13)7-15-12(14)16-11/h3-7H,1-2H3. The Morgan fingerprint density at radius 1 is 1.21 bits per heavy atom. The first-order valence-electron chi connectivity index (χ1n) is 5.38. The van der Waals surface area contributed by atoms with Gasteiger partial charge in [-0.05, 0) is 37.1 Å². The lowest BCUT2D eigenvalue weighted by Crippen LogP contribution is -2.07. The molecule has 0 atom stereocenters. The number of hydrogen-bond donors (Lipinski definition) is 0. The Hall–Kier alpha value is -1.09. The van der Waals surface area contributed by atoms with E-state index in [1.165, 1.54) is 6.20 Å². The van der Waals surface area contributed by atoms with E-state index in [2.05, 4.69) is 9.97 Å². The van der Waals surface area contributed by atoms with Gasteiger partial charge in [0, 0.05) is 0 Å². The first-order valence-corrected chi connectivity index (χ1v) is 8.74. The summed E-state index contributed by atoms with van der Waals surface area (Å²) >= 11 is 11.6.